The number of hydrazone groups is 1. The van der Waals surface area contributed by atoms with Crippen molar-refractivity contribution in [3.8, 4) is 5.75 Å². The molecule has 5 nitrogen and oxygen atoms in total. The van der Waals surface area contributed by atoms with E-state index < -0.39 is 0 Å². The first kappa shape index (κ1) is 20.6. The zero-order chi connectivity index (χ0) is 21.2. The Balaban J connectivity index is 1.82. The van der Waals surface area contributed by atoms with Gasteiger partial charge in [0, 0.05) is 17.3 Å². The second-order valence-corrected chi connectivity index (χ2v) is 8.12. The van der Waals surface area contributed by atoms with Gasteiger partial charge in [0.15, 0.2) is 0 Å². The average Bonchev–Trinajstić information content (AvgIpc) is 2.67. The van der Waals surface area contributed by atoms with Crippen LogP contribution in [0.2, 0.25) is 0 Å². The van der Waals surface area contributed by atoms with Crippen molar-refractivity contribution in [1.82, 2.24) is 5.43 Å². The summed E-state index contributed by atoms with van der Waals surface area (Å²) in [6, 6.07) is 13.7. The summed E-state index contributed by atoms with van der Waals surface area (Å²) >= 11 is 0. The minimum Gasteiger partial charge on any atom is -0.496 e. The maximum Gasteiger partial charge on any atom is 0.275 e. The number of anilines is 1. The van der Waals surface area contributed by atoms with E-state index in [0.717, 1.165) is 5.56 Å². The Kier molecular flexibility index (Phi) is 5.78. The number of methoxy groups -OCH3 is 1. The number of hydrogen-bond acceptors (Lipinski definition) is 4. The van der Waals surface area contributed by atoms with Crippen molar-refractivity contribution >= 4 is 23.4 Å². The van der Waals surface area contributed by atoms with Crippen LogP contribution < -0.4 is 15.1 Å². The lowest BCUT2D eigenvalue weighted by atomic mass is 9.87. The third-order valence-corrected chi connectivity index (χ3v) is 5.14. The van der Waals surface area contributed by atoms with Gasteiger partial charge in [-0.2, -0.15) is 5.10 Å². The number of ether oxygens (including phenoxy) is 1. The van der Waals surface area contributed by atoms with Gasteiger partial charge in [0.2, 0.25) is 0 Å². The summed E-state index contributed by atoms with van der Waals surface area (Å²) in [6.45, 7) is 11.0. The maximum absolute atomic E-state index is 12.4. The van der Waals surface area contributed by atoms with Crippen LogP contribution in [-0.4, -0.2) is 30.8 Å². The van der Waals surface area contributed by atoms with Gasteiger partial charge in [-0.1, -0.05) is 24.3 Å². The first-order valence-electron chi connectivity index (χ1n) is 9.84. The fourth-order valence-corrected chi connectivity index (χ4v) is 4.15. The predicted molar refractivity (Wildman–Crippen MR) is 120 cm³/mol. The molecular formula is C24H29N3O2. The van der Waals surface area contributed by atoms with E-state index in [1.54, 1.807) is 31.5 Å². The van der Waals surface area contributed by atoms with Crippen LogP contribution in [0.3, 0.4) is 0 Å². The molecule has 1 aliphatic rings. The lowest BCUT2D eigenvalue weighted by Gasteiger charge is -2.46. The van der Waals surface area contributed by atoms with E-state index in [1.807, 2.05) is 12.1 Å². The molecule has 0 aliphatic carbocycles. The number of hydrogen-bond donors (Lipinski definition) is 1. The number of nitrogens with one attached hydrogen (secondary N) is 1. The Morgan fingerprint density at radius 3 is 2.62 bits per heavy atom. The standard InChI is InChI=1S/C24H29N3O2/c1-16(2)27-21-12-11-18(13-20(21)17(3)14-24(27,4)5)15-25-26-23(28)19-9-7-8-10-22(19)29-6/h7-16H,1-6H3,(H,26,28)/b25-15+. The molecule has 0 saturated heterocycles. The number of allylic oxidation sites excluding steroid dienone is 1. The van der Waals surface area contributed by atoms with E-state index in [2.05, 4.69) is 68.3 Å². The monoisotopic (exact) mass is 391 g/mol. The summed E-state index contributed by atoms with van der Waals surface area (Å²) in [4.78, 5) is 14.8. The zero-order valence-corrected chi connectivity index (χ0v) is 18.0. The Hall–Kier alpha value is -3.08. The van der Waals surface area contributed by atoms with Gasteiger partial charge >= 0.3 is 0 Å². The summed E-state index contributed by atoms with van der Waals surface area (Å²) in [5.41, 5.74) is 7.58. The molecule has 1 heterocycles. The van der Waals surface area contributed by atoms with E-state index in [0.29, 0.717) is 17.4 Å². The van der Waals surface area contributed by atoms with E-state index in [4.69, 9.17) is 4.74 Å². The SMILES string of the molecule is COc1ccccc1C(=O)N/N=C/c1ccc2c(c1)C(C)=CC(C)(C)N2C(C)C. The predicted octanol–water partition coefficient (Wildman–Crippen LogP) is 4.87. The number of nitrogens with zero attached hydrogens (tertiary/aromatic N) is 2. The van der Waals surface area contributed by atoms with Crippen LogP contribution in [-0.2, 0) is 0 Å². The molecule has 5 heteroatoms. The summed E-state index contributed by atoms with van der Waals surface area (Å²) < 4.78 is 5.23. The molecule has 3 rings (SSSR count). The van der Waals surface area contributed by atoms with Crippen LogP contribution in [0.4, 0.5) is 5.69 Å². The van der Waals surface area contributed by atoms with E-state index in [-0.39, 0.29) is 11.4 Å². The largest absolute Gasteiger partial charge is 0.496 e. The average molecular weight is 392 g/mol. The number of para-hydroxylation sites is 1. The Morgan fingerprint density at radius 2 is 1.93 bits per heavy atom. The Bertz CT molecular complexity index is 974. The fourth-order valence-electron chi connectivity index (χ4n) is 4.15. The van der Waals surface area contributed by atoms with Gasteiger partial charge in [-0.05, 0) is 70.0 Å². The quantitative estimate of drug-likeness (QED) is 0.584. The maximum atomic E-state index is 12.4. The van der Waals surface area contributed by atoms with E-state index in [9.17, 15) is 4.79 Å². The van der Waals surface area contributed by atoms with Crippen molar-refractivity contribution in [3.05, 3.63) is 65.2 Å². The van der Waals surface area contributed by atoms with Gasteiger partial charge in [-0.25, -0.2) is 5.43 Å². The number of carbonyl (C=O) groups is 1. The van der Waals surface area contributed by atoms with Crippen LogP contribution in [0.5, 0.6) is 5.75 Å². The molecule has 0 fully saturated rings. The van der Waals surface area contributed by atoms with E-state index in [1.165, 1.54) is 16.8 Å². The van der Waals surface area contributed by atoms with Gasteiger partial charge in [-0.3, -0.25) is 4.79 Å². The highest BCUT2D eigenvalue weighted by molar-refractivity contribution is 5.97. The van der Waals surface area contributed by atoms with Gasteiger partial charge in [0.25, 0.3) is 5.91 Å². The third kappa shape index (κ3) is 4.19. The minimum atomic E-state index is -0.305. The highest BCUT2D eigenvalue weighted by atomic mass is 16.5. The molecule has 29 heavy (non-hydrogen) atoms. The normalized spacial score (nSPS) is 15.3. The van der Waals surface area contributed by atoms with Crippen LogP contribution in [0.15, 0.2) is 53.6 Å². The minimum absolute atomic E-state index is 0.0381. The topological polar surface area (TPSA) is 53.9 Å². The van der Waals surface area contributed by atoms with Crippen LogP contribution >= 0.6 is 0 Å². The molecule has 0 bridgehead atoms. The molecule has 1 N–H and O–H groups in total. The number of carbonyl (C=O) groups excluding carboxylic acids is 1. The van der Waals surface area contributed by atoms with Gasteiger partial charge in [0.05, 0.1) is 24.4 Å². The molecule has 0 radical (unpaired) electrons. The molecule has 0 aromatic heterocycles. The summed E-state index contributed by atoms with van der Waals surface area (Å²) in [7, 11) is 1.54. The van der Waals surface area contributed by atoms with Crippen molar-refractivity contribution < 1.29 is 9.53 Å². The van der Waals surface area contributed by atoms with Crippen molar-refractivity contribution in [1.29, 1.82) is 0 Å². The second-order valence-electron chi connectivity index (χ2n) is 8.12. The van der Waals surface area contributed by atoms with Gasteiger partial charge in [0.1, 0.15) is 5.75 Å². The van der Waals surface area contributed by atoms with E-state index >= 15 is 0 Å². The Labute approximate surface area is 173 Å². The number of fused-ring (bicyclic) bond motifs is 1. The highest BCUT2D eigenvalue weighted by Crippen LogP contribution is 2.40. The molecule has 0 atom stereocenters. The molecule has 1 amide bonds. The molecule has 2 aromatic rings. The second kappa shape index (κ2) is 8.11. The molecule has 0 spiro atoms. The molecule has 152 valence electrons. The molecule has 2 aromatic carbocycles. The molecule has 1 aliphatic heterocycles. The smallest absolute Gasteiger partial charge is 0.275 e. The first-order chi connectivity index (χ1) is 13.7. The van der Waals surface area contributed by atoms with Crippen molar-refractivity contribution in [3.63, 3.8) is 0 Å². The Morgan fingerprint density at radius 1 is 1.21 bits per heavy atom. The summed E-state index contributed by atoms with van der Waals surface area (Å²) in [6.07, 6.45) is 3.97. The van der Waals surface area contributed by atoms with Crippen LogP contribution in [0, 0.1) is 0 Å². The van der Waals surface area contributed by atoms with Crippen LogP contribution in [0.25, 0.3) is 5.57 Å². The summed E-state index contributed by atoms with van der Waals surface area (Å²) in [5.74, 6) is 0.214. The third-order valence-electron chi connectivity index (χ3n) is 5.14. The summed E-state index contributed by atoms with van der Waals surface area (Å²) in [5, 5.41) is 4.14. The molecular weight excluding hydrogens is 362 g/mol. The molecule has 0 saturated carbocycles. The highest BCUT2D eigenvalue weighted by Gasteiger charge is 2.32. The van der Waals surface area contributed by atoms with Crippen molar-refractivity contribution in [2.24, 2.45) is 5.10 Å². The number of rotatable bonds is 5. The van der Waals surface area contributed by atoms with Gasteiger partial charge in [-0.15, -0.1) is 0 Å². The lowest BCUT2D eigenvalue weighted by Crippen LogP contribution is -2.49. The van der Waals surface area contributed by atoms with Gasteiger partial charge < -0.3 is 9.64 Å². The fraction of sp³-hybridized carbons (Fsp3) is 0.333. The number of amides is 1. The molecule has 0 unspecified atom stereocenters. The lowest BCUT2D eigenvalue weighted by molar-refractivity contribution is 0.0952. The van der Waals surface area contributed by atoms with Crippen molar-refractivity contribution in [2.45, 2.75) is 46.2 Å². The first-order valence-corrected chi connectivity index (χ1v) is 9.84. The van der Waals surface area contributed by atoms with Crippen LogP contribution in [0.1, 0.15) is 56.1 Å². The number of benzene rings is 2. The zero-order valence-electron chi connectivity index (χ0n) is 18.0. The van der Waals surface area contributed by atoms with Crippen molar-refractivity contribution in [2.75, 3.05) is 12.0 Å².